The number of nitrogens with one attached hydrogen (secondary N) is 1. The summed E-state index contributed by atoms with van der Waals surface area (Å²) in [5.74, 6) is 0.811. The van der Waals surface area contributed by atoms with Crippen LogP contribution >= 0.6 is 0 Å². The van der Waals surface area contributed by atoms with Gasteiger partial charge in [0.15, 0.2) is 0 Å². The summed E-state index contributed by atoms with van der Waals surface area (Å²) < 4.78 is 0. The van der Waals surface area contributed by atoms with E-state index in [9.17, 15) is 0 Å². The fourth-order valence-corrected chi connectivity index (χ4v) is 2.43. The minimum Gasteiger partial charge on any atom is -0.314 e. The molecule has 0 spiro atoms. The summed E-state index contributed by atoms with van der Waals surface area (Å²) in [6.45, 7) is 7.86. The molecule has 0 aliphatic carbocycles. The van der Waals surface area contributed by atoms with Gasteiger partial charge in [-0.1, -0.05) is 33.6 Å². The normalized spacial score (nSPS) is 14.5. The Labute approximate surface area is 106 Å². The number of nitrogens with zero attached hydrogens (tertiary/aromatic N) is 1. The van der Waals surface area contributed by atoms with Crippen LogP contribution < -0.4 is 5.32 Å². The molecule has 1 N–H and O–H groups in total. The molecule has 0 saturated carbocycles. The Morgan fingerprint density at radius 2 is 1.94 bits per heavy atom. The van der Waals surface area contributed by atoms with Crippen molar-refractivity contribution in [3.05, 3.63) is 30.1 Å². The summed E-state index contributed by atoms with van der Waals surface area (Å²) in [6, 6.07) is 4.84. The molecule has 2 nitrogen and oxygen atoms in total. The Balaban J connectivity index is 2.48. The van der Waals surface area contributed by atoms with Crippen molar-refractivity contribution in [3.8, 4) is 0 Å². The monoisotopic (exact) mass is 234 g/mol. The van der Waals surface area contributed by atoms with Crippen LogP contribution in [-0.4, -0.2) is 17.6 Å². The fraction of sp³-hybridized carbons (Fsp3) is 0.667. The van der Waals surface area contributed by atoms with Crippen LogP contribution in [0.5, 0.6) is 0 Å². The van der Waals surface area contributed by atoms with Crippen LogP contribution in [-0.2, 0) is 6.42 Å². The van der Waals surface area contributed by atoms with E-state index in [4.69, 9.17) is 0 Å². The molecule has 0 aromatic carbocycles. The average Bonchev–Trinajstić information content (AvgIpc) is 2.31. The highest BCUT2D eigenvalue weighted by molar-refractivity contribution is 5.11. The summed E-state index contributed by atoms with van der Waals surface area (Å²) in [7, 11) is 0. The van der Waals surface area contributed by atoms with Gasteiger partial charge in [-0.25, -0.2) is 0 Å². The fourth-order valence-electron chi connectivity index (χ4n) is 2.43. The number of rotatable bonds is 8. The first-order chi connectivity index (χ1) is 8.26. The molecule has 0 bridgehead atoms. The quantitative estimate of drug-likeness (QED) is 0.745. The Kier molecular flexibility index (Phi) is 6.87. The molecule has 96 valence electrons. The number of hydrogen-bond donors (Lipinski definition) is 1. The molecule has 2 heteroatoms. The van der Waals surface area contributed by atoms with Gasteiger partial charge in [-0.3, -0.25) is 4.98 Å². The van der Waals surface area contributed by atoms with Crippen molar-refractivity contribution in [1.29, 1.82) is 0 Å². The van der Waals surface area contributed by atoms with Gasteiger partial charge < -0.3 is 5.32 Å². The van der Waals surface area contributed by atoms with Gasteiger partial charge in [0, 0.05) is 18.4 Å². The van der Waals surface area contributed by atoms with E-state index >= 15 is 0 Å². The summed E-state index contributed by atoms with van der Waals surface area (Å²) in [5.41, 5.74) is 1.38. The van der Waals surface area contributed by atoms with Gasteiger partial charge in [0.2, 0.25) is 0 Å². The first-order valence-corrected chi connectivity index (χ1v) is 6.88. The molecule has 1 aromatic heterocycles. The van der Waals surface area contributed by atoms with Crippen LogP contribution in [0.15, 0.2) is 24.5 Å². The lowest BCUT2D eigenvalue weighted by atomic mass is 9.93. The van der Waals surface area contributed by atoms with Crippen molar-refractivity contribution in [3.63, 3.8) is 0 Å². The van der Waals surface area contributed by atoms with Gasteiger partial charge in [-0.05, 0) is 43.0 Å². The van der Waals surface area contributed by atoms with E-state index in [-0.39, 0.29) is 0 Å². The zero-order chi connectivity index (χ0) is 12.5. The Bertz CT molecular complexity index is 284. The molecular formula is C15H26N2. The van der Waals surface area contributed by atoms with E-state index in [1.807, 2.05) is 12.4 Å². The lowest BCUT2D eigenvalue weighted by Crippen LogP contribution is -2.32. The highest BCUT2D eigenvalue weighted by Crippen LogP contribution is 2.15. The Morgan fingerprint density at radius 1 is 1.24 bits per heavy atom. The van der Waals surface area contributed by atoms with Crippen molar-refractivity contribution < 1.29 is 0 Å². The minimum atomic E-state index is 0.601. The van der Waals surface area contributed by atoms with Crippen LogP contribution in [0.4, 0.5) is 0 Å². The Hall–Kier alpha value is -0.890. The standard InChI is InChI=1S/C15H26N2/c1-4-6-13(3)11-15(17-5-2)12-14-7-9-16-10-8-14/h7-10,13,15,17H,4-6,11-12H2,1-3H3. The zero-order valence-corrected chi connectivity index (χ0v) is 11.4. The molecule has 2 unspecified atom stereocenters. The van der Waals surface area contributed by atoms with Crippen molar-refractivity contribution >= 4 is 0 Å². The van der Waals surface area contributed by atoms with Gasteiger partial charge in [0.05, 0.1) is 0 Å². The lowest BCUT2D eigenvalue weighted by molar-refractivity contribution is 0.385. The molecule has 2 atom stereocenters. The van der Waals surface area contributed by atoms with Gasteiger partial charge in [0.1, 0.15) is 0 Å². The van der Waals surface area contributed by atoms with E-state index in [0.717, 1.165) is 18.9 Å². The lowest BCUT2D eigenvalue weighted by Gasteiger charge is -2.21. The van der Waals surface area contributed by atoms with Crippen LogP contribution in [0.1, 0.15) is 45.6 Å². The topological polar surface area (TPSA) is 24.9 Å². The van der Waals surface area contributed by atoms with Crippen LogP contribution in [0.3, 0.4) is 0 Å². The maximum absolute atomic E-state index is 4.07. The van der Waals surface area contributed by atoms with E-state index in [1.54, 1.807) is 0 Å². The molecule has 1 aromatic rings. The molecule has 0 fully saturated rings. The van der Waals surface area contributed by atoms with E-state index < -0.39 is 0 Å². The number of pyridine rings is 1. The molecule has 0 radical (unpaired) electrons. The average molecular weight is 234 g/mol. The maximum atomic E-state index is 4.07. The van der Waals surface area contributed by atoms with E-state index in [2.05, 4.69) is 43.2 Å². The molecule has 17 heavy (non-hydrogen) atoms. The van der Waals surface area contributed by atoms with Gasteiger partial charge >= 0.3 is 0 Å². The van der Waals surface area contributed by atoms with Crippen LogP contribution in [0.25, 0.3) is 0 Å². The second kappa shape index (κ2) is 8.24. The highest BCUT2D eigenvalue weighted by atomic mass is 14.9. The Morgan fingerprint density at radius 3 is 2.53 bits per heavy atom. The van der Waals surface area contributed by atoms with Crippen molar-refractivity contribution in [2.45, 2.75) is 52.5 Å². The summed E-state index contributed by atoms with van der Waals surface area (Å²) in [4.78, 5) is 4.07. The third kappa shape index (κ3) is 5.83. The van der Waals surface area contributed by atoms with Crippen molar-refractivity contribution in [2.24, 2.45) is 5.92 Å². The molecule has 1 heterocycles. The maximum Gasteiger partial charge on any atom is 0.0270 e. The summed E-state index contributed by atoms with van der Waals surface area (Å²) >= 11 is 0. The van der Waals surface area contributed by atoms with Gasteiger partial charge in [-0.2, -0.15) is 0 Å². The van der Waals surface area contributed by atoms with E-state index in [0.29, 0.717) is 6.04 Å². The van der Waals surface area contributed by atoms with Crippen LogP contribution in [0.2, 0.25) is 0 Å². The predicted octanol–water partition coefficient (Wildman–Crippen LogP) is 3.43. The van der Waals surface area contributed by atoms with E-state index in [1.165, 1.54) is 24.8 Å². The first-order valence-electron chi connectivity index (χ1n) is 6.88. The number of aromatic nitrogens is 1. The van der Waals surface area contributed by atoms with Crippen molar-refractivity contribution in [1.82, 2.24) is 10.3 Å². The highest BCUT2D eigenvalue weighted by Gasteiger charge is 2.12. The smallest absolute Gasteiger partial charge is 0.0270 e. The summed E-state index contributed by atoms with van der Waals surface area (Å²) in [5, 5.41) is 3.60. The summed E-state index contributed by atoms with van der Waals surface area (Å²) in [6.07, 6.45) is 8.77. The molecule has 0 amide bonds. The number of likely N-dealkylation sites (N-methyl/N-ethyl adjacent to an activating group) is 1. The zero-order valence-electron chi connectivity index (χ0n) is 11.4. The minimum absolute atomic E-state index is 0.601. The third-order valence-electron chi connectivity index (χ3n) is 3.19. The van der Waals surface area contributed by atoms with Gasteiger partial charge in [0.25, 0.3) is 0 Å². The molecule has 1 rings (SSSR count). The second-order valence-corrected chi connectivity index (χ2v) is 4.94. The largest absolute Gasteiger partial charge is 0.314 e. The first kappa shape index (κ1) is 14.2. The SMILES string of the molecule is CCCC(C)CC(Cc1ccncc1)NCC. The predicted molar refractivity (Wildman–Crippen MR) is 74.1 cm³/mol. The second-order valence-electron chi connectivity index (χ2n) is 4.94. The van der Waals surface area contributed by atoms with Gasteiger partial charge in [-0.15, -0.1) is 0 Å². The molecular weight excluding hydrogens is 208 g/mol. The number of hydrogen-bond acceptors (Lipinski definition) is 2. The van der Waals surface area contributed by atoms with Crippen LogP contribution in [0, 0.1) is 5.92 Å². The molecule has 0 aliphatic heterocycles. The molecule has 0 saturated heterocycles. The molecule has 0 aliphatic rings. The third-order valence-corrected chi connectivity index (χ3v) is 3.19. The van der Waals surface area contributed by atoms with Crippen molar-refractivity contribution in [2.75, 3.05) is 6.54 Å².